The molecule has 1 aromatic heterocycles. The molecule has 0 fully saturated rings. The standard InChI is InChI=1S/C21H19F6N5O3/c1-30(2)9-17-29-32(20(34)31(17)3)15-8-16(35-10-21(25,26)27)11(7-14(15)24)19(33)28-18-12(22)5-4-6-13(18)23/h4-8H,9-10H2,1-3H3,(H,28,33). The summed E-state index contributed by atoms with van der Waals surface area (Å²) in [7, 11) is 4.76. The number of carbonyl (C=O) groups is 1. The van der Waals surface area contributed by atoms with Gasteiger partial charge in [-0.25, -0.2) is 18.0 Å². The van der Waals surface area contributed by atoms with E-state index in [9.17, 15) is 31.5 Å². The minimum Gasteiger partial charge on any atom is -0.483 e. The molecule has 2 aromatic carbocycles. The SMILES string of the molecule is CN(C)Cc1nn(-c2cc(OCC(F)(F)F)c(C(=O)Nc3c(F)cccc3F)cc2F)c(=O)n1C. The van der Waals surface area contributed by atoms with Gasteiger partial charge in [0.15, 0.2) is 6.61 Å². The quantitative estimate of drug-likeness (QED) is 0.501. The molecule has 0 unspecified atom stereocenters. The zero-order valence-corrected chi connectivity index (χ0v) is 18.6. The first kappa shape index (κ1) is 25.8. The highest BCUT2D eigenvalue weighted by Gasteiger charge is 2.30. The molecule has 35 heavy (non-hydrogen) atoms. The van der Waals surface area contributed by atoms with Crippen LogP contribution in [0.4, 0.5) is 32.0 Å². The lowest BCUT2D eigenvalue weighted by Gasteiger charge is -2.15. The second-order valence-corrected chi connectivity index (χ2v) is 7.66. The largest absolute Gasteiger partial charge is 0.483 e. The minimum atomic E-state index is -4.83. The van der Waals surface area contributed by atoms with Gasteiger partial charge >= 0.3 is 11.9 Å². The number of hydrogen-bond donors (Lipinski definition) is 1. The van der Waals surface area contributed by atoms with Crippen LogP contribution in [0.5, 0.6) is 5.75 Å². The summed E-state index contributed by atoms with van der Waals surface area (Å²) in [6.07, 6.45) is -4.83. The van der Waals surface area contributed by atoms with Crippen molar-refractivity contribution >= 4 is 11.6 Å². The van der Waals surface area contributed by atoms with Gasteiger partial charge in [-0.05, 0) is 32.3 Å². The third kappa shape index (κ3) is 5.82. The fraction of sp³-hybridized carbons (Fsp3) is 0.286. The normalized spacial score (nSPS) is 11.7. The number of halogens is 6. The molecule has 0 atom stereocenters. The number of para-hydroxylation sites is 1. The van der Waals surface area contributed by atoms with Crippen LogP contribution in [0, 0.1) is 17.5 Å². The molecule has 1 heterocycles. The van der Waals surface area contributed by atoms with Gasteiger partial charge < -0.3 is 15.0 Å². The van der Waals surface area contributed by atoms with Gasteiger partial charge in [0, 0.05) is 13.1 Å². The number of aromatic nitrogens is 3. The third-order valence-electron chi connectivity index (χ3n) is 4.64. The van der Waals surface area contributed by atoms with Crippen LogP contribution in [-0.2, 0) is 13.6 Å². The smallest absolute Gasteiger partial charge is 0.422 e. The van der Waals surface area contributed by atoms with Gasteiger partial charge in [-0.1, -0.05) is 6.07 Å². The van der Waals surface area contributed by atoms with E-state index in [1.807, 2.05) is 5.32 Å². The van der Waals surface area contributed by atoms with Crippen LogP contribution in [-0.4, -0.2) is 52.0 Å². The van der Waals surface area contributed by atoms with Gasteiger partial charge in [0.05, 0.1) is 12.1 Å². The monoisotopic (exact) mass is 503 g/mol. The Morgan fingerprint density at radius 2 is 1.74 bits per heavy atom. The predicted molar refractivity (Wildman–Crippen MR) is 112 cm³/mol. The van der Waals surface area contributed by atoms with Crippen molar-refractivity contribution in [2.24, 2.45) is 7.05 Å². The summed E-state index contributed by atoms with van der Waals surface area (Å²) in [5.41, 5.74) is -3.09. The highest BCUT2D eigenvalue weighted by molar-refractivity contribution is 6.06. The Kier molecular flexibility index (Phi) is 7.24. The van der Waals surface area contributed by atoms with E-state index < -0.39 is 64.5 Å². The molecule has 0 bridgehead atoms. The lowest BCUT2D eigenvalue weighted by molar-refractivity contribution is -0.153. The average molecular weight is 503 g/mol. The van der Waals surface area contributed by atoms with Crippen LogP contribution >= 0.6 is 0 Å². The summed E-state index contributed by atoms with van der Waals surface area (Å²) in [5, 5.41) is 5.86. The van der Waals surface area contributed by atoms with Crippen LogP contribution in [0.1, 0.15) is 16.2 Å². The summed E-state index contributed by atoms with van der Waals surface area (Å²) in [6, 6.07) is 3.87. The predicted octanol–water partition coefficient (Wildman–Crippen LogP) is 3.24. The van der Waals surface area contributed by atoms with Gasteiger partial charge in [-0.3, -0.25) is 9.36 Å². The number of rotatable bonds is 7. The molecule has 0 saturated carbocycles. The number of ether oxygens (including phenoxy) is 1. The zero-order valence-electron chi connectivity index (χ0n) is 18.6. The van der Waals surface area contributed by atoms with E-state index in [-0.39, 0.29) is 12.4 Å². The molecule has 3 rings (SSSR count). The molecular weight excluding hydrogens is 484 g/mol. The number of carbonyl (C=O) groups excluding carboxylic acids is 1. The Morgan fingerprint density at radius 1 is 1.11 bits per heavy atom. The number of alkyl halides is 3. The number of nitrogens with one attached hydrogen (secondary N) is 1. The topological polar surface area (TPSA) is 81.4 Å². The first-order chi connectivity index (χ1) is 16.3. The van der Waals surface area contributed by atoms with Crippen molar-refractivity contribution in [2.45, 2.75) is 12.7 Å². The maximum Gasteiger partial charge on any atom is 0.422 e. The summed E-state index contributed by atoms with van der Waals surface area (Å²) in [6.45, 7) is -1.68. The second kappa shape index (κ2) is 9.82. The Balaban J connectivity index is 2.10. The molecule has 0 radical (unpaired) electrons. The Bertz CT molecular complexity index is 1300. The Labute approximate surface area is 194 Å². The first-order valence-corrected chi connectivity index (χ1v) is 9.87. The summed E-state index contributed by atoms with van der Waals surface area (Å²) < 4.78 is 87.6. The van der Waals surface area contributed by atoms with Crippen molar-refractivity contribution in [2.75, 3.05) is 26.0 Å². The number of nitrogens with zero attached hydrogens (tertiary/aromatic N) is 4. The molecule has 0 aliphatic rings. The van der Waals surface area contributed by atoms with E-state index in [1.54, 1.807) is 19.0 Å². The summed E-state index contributed by atoms with van der Waals surface area (Å²) in [4.78, 5) is 26.9. The van der Waals surface area contributed by atoms with Crippen molar-refractivity contribution < 1.29 is 35.9 Å². The molecule has 3 aromatic rings. The molecule has 14 heteroatoms. The lowest BCUT2D eigenvalue weighted by atomic mass is 10.1. The molecule has 0 aliphatic carbocycles. The van der Waals surface area contributed by atoms with E-state index in [2.05, 4.69) is 9.84 Å². The van der Waals surface area contributed by atoms with Gasteiger partial charge in [0.2, 0.25) is 0 Å². The molecule has 8 nitrogen and oxygen atoms in total. The molecule has 1 N–H and O–H groups in total. The highest BCUT2D eigenvalue weighted by atomic mass is 19.4. The molecule has 0 saturated heterocycles. The van der Waals surface area contributed by atoms with Gasteiger partial charge in [0.1, 0.15) is 40.4 Å². The number of hydrogen-bond acceptors (Lipinski definition) is 5. The van der Waals surface area contributed by atoms with Crippen LogP contribution in [0.15, 0.2) is 35.1 Å². The fourth-order valence-electron chi connectivity index (χ4n) is 3.01. The minimum absolute atomic E-state index is 0.187. The van der Waals surface area contributed by atoms with Crippen molar-refractivity contribution in [1.82, 2.24) is 19.2 Å². The molecule has 0 spiro atoms. The Morgan fingerprint density at radius 3 is 2.31 bits per heavy atom. The van der Waals surface area contributed by atoms with Gasteiger partial charge in [0.25, 0.3) is 5.91 Å². The molecular formula is C21H19F6N5O3. The van der Waals surface area contributed by atoms with Crippen LogP contribution in [0.25, 0.3) is 5.69 Å². The van der Waals surface area contributed by atoms with Gasteiger partial charge in [-0.2, -0.15) is 17.9 Å². The van der Waals surface area contributed by atoms with E-state index in [1.165, 1.54) is 7.05 Å². The van der Waals surface area contributed by atoms with Crippen molar-refractivity contribution in [3.05, 3.63) is 69.7 Å². The lowest BCUT2D eigenvalue weighted by Crippen LogP contribution is -2.25. The van der Waals surface area contributed by atoms with Crippen molar-refractivity contribution in [3.8, 4) is 11.4 Å². The van der Waals surface area contributed by atoms with E-state index >= 15 is 4.39 Å². The number of amides is 1. The van der Waals surface area contributed by atoms with E-state index in [0.717, 1.165) is 22.8 Å². The highest BCUT2D eigenvalue weighted by Crippen LogP contribution is 2.29. The average Bonchev–Trinajstić information content (AvgIpc) is 3.02. The zero-order chi connectivity index (χ0) is 26.1. The molecule has 0 aliphatic heterocycles. The van der Waals surface area contributed by atoms with Crippen LogP contribution in [0.3, 0.4) is 0 Å². The summed E-state index contributed by atoms with van der Waals surface area (Å²) >= 11 is 0. The fourth-order valence-corrected chi connectivity index (χ4v) is 3.01. The molecule has 1 amide bonds. The van der Waals surface area contributed by atoms with E-state index in [0.29, 0.717) is 16.8 Å². The third-order valence-corrected chi connectivity index (χ3v) is 4.64. The second-order valence-electron chi connectivity index (χ2n) is 7.66. The Hall–Kier alpha value is -3.81. The maximum absolute atomic E-state index is 15.0. The van der Waals surface area contributed by atoms with Crippen LogP contribution < -0.4 is 15.7 Å². The van der Waals surface area contributed by atoms with Crippen LogP contribution in [0.2, 0.25) is 0 Å². The summed E-state index contributed by atoms with van der Waals surface area (Å²) in [5.74, 6) is -5.48. The number of anilines is 1. The first-order valence-electron chi connectivity index (χ1n) is 9.87. The molecule has 188 valence electrons. The maximum atomic E-state index is 15.0. The van der Waals surface area contributed by atoms with Crippen molar-refractivity contribution in [1.29, 1.82) is 0 Å². The van der Waals surface area contributed by atoms with E-state index in [4.69, 9.17) is 0 Å². The number of benzene rings is 2. The van der Waals surface area contributed by atoms with Gasteiger partial charge in [-0.15, -0.1) is 5.10 Å². The van der Waals surface area contributed by atoms with Crippen molar-refractivity contribution in [3.63, 3.8) is 0 Å².